The minimum Gasteiger partial charge on any atom is -0.478 e. The summed E-state index contributed by atoms with van der Waals surface area (Å²) < 4.78 is 13.1. The molecule has 0 saturated carbocycles. The van der Waals surface area contributed by atoms with E-state index in [0.717, 1.165) is 5.56 Å². The number of benzene rings is 1. The predicted octanol–water partition coefficient (Wildman–Crippen LogP) is 3.93. The zero-order chi connectivity index (χ0) is 19.4. The van der Waals surface area contributed by atoms with Crippen LogP contribution in [-0.2, 0) is 0 Å². The molecule has 3 N–H and O–H groups in total. The summed E-state index contributed by atoms with van der Waals surface area (Å²) in [5.74, 6) is -0.189. The summed E-state index contributed by atoms with van der Waals surface area (Å²) in [7, 11) is 0. The number of hydrogen-bond acceptors (Lipinski definition) is 6. The van der Waals surface area contributed by atoms with Gasteiger partial charge in [0.25, 0.3) is 0 Å². The second kappa shape index (κ2) is 7.77. The number of hydrogen-bond donors (Lipinski definition) is 3. The lowest BCUT2D eigenvalue weighted by Gasteiger charge is -2.19. The van der Waals surface area contributed by atoms with Crippen molar-refractivity contribution >= 4 is 23.4 Å². The third-order valence-corrected chi connectivity index (χ3v) is 4.05. The van der Waals surface area contributed by atoms with E-state index in [0.29, 0.717) is 23.0 Å². The smallest absolute Gasteiger partial charge is 0.336 e. The first kappa shape index (κ1) is 18.2. The number of anilines is 3. The molecule has 3 rings (SSSR count). The number of carboxylic acids is 1. The number of carboxylic acid groups (broad SMARTS) is 1. The Morgan fingerprint density at radius 1 is 1.19 bits per heavy atom. The first-order valence-corrected chi connectivity index (χ1v) is 8.24. The summed E-state index contributed by atoms with van der Waals surface area (Å²) in [6.07, 6.45) is 4.56. The average Bonchev–Trinajstić information content (AvgIpc) is 2.65. The highest BCUT2D eigenvalue weighted by atomic mass is 19.1. The summed E-state index contributed by atoms with van der Waals surface area (Å²) >= 11 is 0. The molecule has 2 aromatic heterocycles. The fourth-order valence-electron chi connectivity index (χ4n) is 2.57. The first-order valence-electron chi connectivity index (χ1n) is 8.24. The highest BCUT2D eigenvalue weighted by molar-refractivity contribution is 5.92. The Morgan fingerprint density at radius 2 is 1.93 bits per heavy atom. The Morgan fingerprint density at radius 3 is 2.56 bits per heavy atom. The van der Waals surface area contributed by atoms with Crippen molar-refractivity contribution in [2.75, 3.05) is 10.6 Å². The molecular formula is C19H18FN5O2. The molecule has 8 heteroatoms. The van der Waals surface area contributed by atoms with Crippen molar-refractivity contribution in [2.45, 2.75) is 19.9 Å². The molecule has 1 unspecified atom stereocenters. The van der Waals surface area contributed by atoms with Gasteiger partial charge in [-0.2, -0.15) is 0 Å². The van der Waals surface area contributed by atoms with E-state index in [-0.39, 0.29) is 17.4 Å². The Hall–Kier alpha value is -3.55. The lowest BCUT2D eigenvalue weighted by atomic mass is 10.1. The lowest BCUT2D eigenvalue weighted by Crippen LogP contribution is -2.13. The molecule has 1 atom stereocenters. The second-order valence-corrected chi connectivity index (χ2v) is 5.97. The Kier molecular flexibility index (Phi) is 5.25. The number of carbonyl (C=O) groups is 1. The van der Waals surface area contributed by atoms with E-state index < -0.39 is 5.97 Å². The fraction of sp³-hybridized carbons (Fsp3) is 0.158. The standard InChI is InChI=1S/C19H18FN5O2/c1-11-15(19(26)27)9-16(24-17-10-21-7-8-22-17)25-18(11)23-12(2)13-3-5-14(20)6-4-13/h3-10,12H,1-2H3,(H,26,27)(H2,22,23,24,25). The molecule has 27 heavy (non-hydrogen) atoms. The Bertz CT molecular complexity index is 948. The van der Waals surface area contributed by atoms with Gasteiger partial charge in [0.05, 0.1) is 11.8 Å². The van der Waals surface area contributed by atoms with Crippen LogP contribution in [0.3, 0.4) is 0 Å². The van der Waals surface area contributed by atoms with Crippen LogP contribution in [0.2, 0.25) is 0 Å². The first-order chi connectivity index (χ1) is 12.9. The van der Waals surface area contributed by atoms with Crippen molar-refractivity contribution in [3.63, 3.8) is 0 Å². The number of nitrogens with zero attached hydrogens (tertiary/aromatic N) is 3. The zero-order valence-electron chi connectivity index (χ0n) is 14.8. The zero-order valence-corrected chi connectivity index (χ0v) is 14.8. The topological polar surface area (TPSA) is 100 Å². The van der Waals surface area contributed by atoms with E-state index in [2.05, 4.69) is 25.6 Å². The van der Waals surface area contributed by atoms with Gasteiger partial charge in [0.1, 0.15) is 23.3 Å². The third kappa shape index (κ3) is 4.35. The molecule has 0 bridgehead atoms. The molecule has 0 aliphatic heterocycles. The summed E-state index contributed by atoms with van der Waals surface area (Å²) in [5, 5.41) is 15.7. The number of rotatable bonds is 6. The van der Waals surface area contributed by atoms with Gasteiger partial charge in [-0.05, 0) is 37.6 Å². The molecule has 138 valence electrons. The molecule has 1 aromatic carbocycles. The van der Waals surface area contributed by atoms with Gasteiger partial charge >= 0.3 is 5.97 Å². The van der Waals surface area contributed by atoms with Gasteiger partial charge < -0.3 is 15.7 Å². The number of pyridine rings is 1. The predicted molar refractivity (Wildman–Crippen MR) is 99.7 cm³/mol. The average molecular weight is 367 g/mol. The van der Waals surface area contributed by atoms with Gasteiger partial charge in [0, 0.05) is 24.0 Å². The minimum atomic E-state index is -1.06. The van der Waals surface area contributed by atoms with E-state index in [1.807, 2.05) is 6.92 Å². The number of aromatic carboxylic acids is 1. The van der Waals surface area contributed by atoms with Gasteiger partial charge in [-0.1, -0.05) is 12.1 Å². The van der Waals surface area contributed by atoms with Crippen LogP contribution < -0.4 is 10.6 Å². The van der Waals surface area contributed by atoms with Gasteiger partial charge in [0.15, 0.2) is 0 Å². The summed E-state index contributed by atoms with van der Waals surface area (Å²) in [6.45, 7) is 3.57. The van der Waals surface area contributed by atoms with Gasteiger partial charge in [-0.3, -0.25) is 4.98 Å². The molecule has 0 aliphatic rings. The second-order valence-electron chi connectivity index (χ2n) is 5.97. The summed E-state index contributed by atoms with van der Waals surface area (Å²) in [6, 6.07) is 7.33. The van der Waals surface area contributed by atoms with Crippen LogP contribution in [0.4, 0.5) is 21.8 Å². The summed E-state index contributed by atoms with van der Waals surface area (Å²) in [5.41, 5.74) is 1.47. The SMILES string of the molecule is Cc1c(C(=O)O)cc(Nc2cnccn2)nc1NC(C)c1ccc(F)cc1. The Balaban J connectivity index is 1.93. The van der Waals surface area contributed by atoms with Crippen LogP contribution in [0.1, 0.15) is 34.5 Å². The van der Waals surface area contributed by atoms with Crippen molar-refractivity contribution in [2.24, 2.45) is 0 Å². The maximum atomic E-state index is 13.1. The van der Waals surface area contributed by atoms with E-state index in [1.165, 1.54) is 36.8 Å². The molecule has 0 spiro atoms. The third-order valence-electron chi connectivity index (χ3n) is 4.05. The number of halogens is 1. The molecule has 0 aliphatic carbocycles. The normalized spacial score (nSPS) is 11.7. The lowest BCUT2D eigenvalue weighted by molar-refractivity contribution is 0.0696. The highest BCUT2D eigenvalue weighted by Crippen LogP contribution is 2.26. The van der Waals surface area contributed by atoms with Crippen LogP contribution in [0, 0.1) is 12.7 Å². The molecule has 7 nitrogen and oxygen atoms in total. The summed E-state index contributed by atoms with van der Waals surface area (Å²) in [4.78, 5) is 24.1. The van der Waals surface area contributed by atoms with E-state index in [1.54, 1.807) is 19.1 Å². The van der Waals surface area contributed by atoms with Gasteiger partial charge in [0.2, 0.25) is 0 Å². The molecule has 0 amide bonds. The van der Waals surface area contributed by atoms with Crippen LogP contribution >= 0.6 is 0 Å². The van der Waals surface area contributed by atoms with Crippen LogP contribution in [0.5, 0.6) is 0 Å². The van der Waals surface area contributed by atoms with Crippen molar-refractivity contribution in [1.29, 1.82) is 0 Å². The van der Waals surface area contributed by atoms with E-state index in [9.17, 15) is 14.3 Å². The molecular weight excluding hydrogens is 349 g/mol. The van der Waals surface area contributed by atoms with E-state index >= 15 is 0 Å². The number of aromatic nitrogens is 3. The van der Waals surface area contributed by atoms with Gasteiger partial charge in [-0.15, -0.1) is 0 Å². The van der Waals surface area contributed by atoms with Crippen molar-refractivity contribution in [3.05, 3.63) is 71.4 Å². The van der Waals surface area contributed by atoms with Crippen molar-refractivity contribution in [3.8, 4) is 0 Å². The largest absolute Gasteiger partial charge is 0.478 e. The molecule has 3 aromatic rings. The van der Waals surface area contributed by atoms with Crippen LogP contribution in [0.25, 0.3) is 0 Å². The van der Waals surface area contributed by atoms with Crippen molar-refractivity contribution in [1.82, 2.24) is 15.0 Å². The minimum absolute atomic E-state index is 0.116. The van der Waals surface area contributed by atoms with Crippen LogP contribution in [-0.4, -0.2) is 26.0 Å². The highest BCUT2D eigenvalue weighted by Gasteiger charge is 2.17. The molecule has 0 radical (unpaired) electrons. The van der Waals surface area contributed by atoms with Crippen LogP contribution in [0.15, 0.2) is 48.9 Å². The quantitative estimate of drug-likeness (QED) is 0.607. The maximum Gasteiger partial charge on any atom is 0.336 e. The van der Waals surface area contributed by atoms with E-state index in [4.69, 9.17) is 0 Å². The molecule has 2 heterocycles. The Labute approximate surface area is 155 Å². The van der Waals surface area contributed by atoms with Crippen molar-refractivity contribution < 1.29 is 14.3 Å². The monoisotopic (exact) mass is 367 g/mol. The maximum absolute atomic E-state index is 13.1. The number of nitrogens with one attached hydrogen (secondary N) is 2. The van der Waals surface area contributed by atoms with Gasteiger partial charge in [-0.25, -0.2) is 19.2 Å². The molecule has 0 saturated heterocycles. The molecule has 0 fully saturated rings. The fourth-order valence-corrected chi connectivity index (χ4v) is 2.57.